The van der Waals surface area contributed by atoms with Crippen molar-refractivity contribution in [3.05, 3.63) is 18.2 Å². The molecular formula is C23H35N3O5S. The van der Waals surface area contributed by atoms with Gasteiger partial charge in [-0.15, -0.1) is 0 Å². The molecule has 0 radical (unpaired) electrons. The molecule has 0 bridgehead atoms. The van der Waals surface area contributed by atoms with E-state index in [1.807, 2.05) is 32.0 Å². The molecule has 8 nitrogen and oxygen atoms in total. The standard InChI is InChI=1S/C23H35N3O5S/c1-22(2)7-8-23(17-26(22)32(3,28)29)9-11-25(12-10-23)16-21(27)24-18-5-6-19-20(15-18)31-14-4-13-30-19/h5-6,15H,4,7-14,16-17H2,1-3H3,(H,24,27). The largest absolute Gasteiger partial charge is 0.490 e. The second-order valence-corrected chi connectivity index (χ2v) is 12.0. The van der Waals surface area contributed by atoms with Gasteiger partial charge in [0.25, 0.3) is 0 Å². The first-order valence-electron chi connectivity index (χ1n) is 11.5. The van der Waals surface area contributed by atoms with Crippen LogP contribution in [0.4, 0.5) is 5.69 Å². The number of benzene rings is 1. The van der Waals surface area contributed by atoms with Crippen molar-refractivity contribution in [1.82, 2.24) is 9.21 Å². The smallest absolute Gasteiger partial charge is 0.238 e. The van der Waals surface area contributed by atoms with Crippen LogP contribution in [0.25, 0.3) is 0 Å². The molecule has 1 N–H and O–H groups in total. The van der Waals surface area contributed by atoms with Gasteiger partial charge in [-0.25, -0.2) is 8.42 Å². The van der Waals surface area contributed by atoms with E-state index in [-0.39, 0.29) is 16.9 Å². The Hall–Kier alpha value is -1.84. The number of nitrogens with one attached hydrogen (secondary N) is 1. The van der Waals surface area contributed by atoms with Crippen LogP contribution in [0.3, 0.4) is 0 Å². The maximum absolute atomic E-state index is 12.6. The summed E-state index contributed by atoms with van der Waals surface area (Å²) in [5.74, 6) is 1.31. The van der Waals surface area contributed by atoms with Crippen molar-refractivity contribution in [3.8, 4) is 11.5 Å². The van der Waals surface area contributed by atoms with Crippen LogP contribution < -0.4 is 14.8 Å². The first kappa shape index (κ1) is 23.3. The Kier molecular flexibility index (Phi) is 6.44. The van der Waals surface area contributed by atoms with Crippen molar-refractivity contribution >= 4 is 21.6 Å². The summed E-state index contributed by atoms with van der Waals surface area (Å²) in [6, 6.07) is 5.48. The molecule has 4 rings (SSSR count). The van der Waals surface area contributed by atoms with Gasteiger partial charge in [0, 0.05) is 30.3 Å². The van der Waals surface area contributed by atoms with Crippen molar-refractivity contribution < 1.29 is 22.7 Å². The predicted molar refractivity (Wildman–Crippen MR) is 124 cm³/mol. The zero-order valence-electron chi connectivity index (χ0n) is 19.4. The van der Waals surface area contributed by atoms with Gasteiger partial charge in [0.05, 0.1) is 26.0 Å². The number of rotatable bonds is 4. The zero-order chi connectivity index (χ0) is 23.0. The van der Waals surface area contributed by atoms with Crippen LogP contribution in [0.2, 0.25) is 0 Å². The fraction of sp³-hybridized carbons (Fsp3) is 0.696. The molecule has 0 aliphatic carbocycles. The van der Waals surface area contributed by atoms with E-state index in [0.29, 0.717) is 43.5 Å². The number of hydrogen-bond donors (Lipinski definition) is 1. The summed E-state index contributed by atoms with van der Waals surface area (Å²) in [5.41, 5.74) is 0.379. The molecule has 32 heavy (non-hydrogen) atoms. The van der Waals surface area contributed by atoms with E-state index in [9.17, 15) is 13.2 Å². The number of nitrogens with zero attached hydrogens (tertiary/aromatic N) is 2. The summed E-state index contributed by atoms with van der Waals surface area (Å²) in [6.07, 6.45) is 5.87. The number of carbonyl (C=O) groups is 1. The Morgan fingerprint density at radius 1 is 1.06 bits per heavy atom. The molecule has 0 atom stereocenters. The minimum Gasteiger partial charge on any atom is -0.490 e. The van der Waals surface area contributed by atoms with Crippen LogP contribution in [0.15, 0.2) is 18.2 Å². The number of carbonyl (C=O) groups excluding carboxylic acids is 1. The van der Waals surface area contributed by atoms with Crippen LogP contribution in [0.1, 0.15) is 46.0 Å². The van der Waals surface area contributed by atoms with Crippen molar-refractivity contribution in [3.63, 3.8) is 0 Å². The summed E-state index contributed by atoms with van der Waals surface area (Å²) >= 11 is 0. The molecule has 2 saturated heterocycles. The van der Waals surface area contributed by atoms with Gasteiger partial charge in [-0.1, -0.05) is 0 Å². The second kappa shape index (κ2) is 8.83. The number of hydrogen-bond acceptors (Lipinski definition) is 6. The third-order valence-corrected chi connectivity index (χ3v) is 8.56. The summed E-state index contributed by atoms with van der Waals surface area (Å²) in [7, 11) is -3.25. The Morgan fingerprint density at radius 2 is 1.75 bits per heavy atom. The van der Waals surface area contributed by atoms with Gasteiger partial charge >= 0.3 is 0 Å². The van der Waals surface area contributed by atoms with E-state index in [4.69, 9.17) is 9.47 Å². The number of ether oxygens (including phenoxy) is 2. The first-order valence-corrected chi connectivity index (χ1v) is 13.3. The lowest BCUT2D eigenvalue weighted by molar-refractivity contribution is -0.118. The monoisotopic (exact) mass is 465 g/mol. The highest BCUT2D eigenvalue weighted by Crippen LogP contribution is 2.45. The maximum Gasteiger partial charge on any atom is 0.238 e. The third-order valence-electron chi connectivity index (χ3n) is 7.14. The molecule has 9 heteroatoms. The van der Waals surface area contributed by atoms with Crippen LogP contribution >= 0.6 is 0 Å². The van der Waals surface area contributed by atoms with Gasteiger partial charge in [-0.3, -0.25) is 9.69 Å². The lowest BCUT2D eigenvalue weighted by Crippen LogP contribution is -2.58. The van der Waals surface area contributed by atoms with Gasteiger partial charge in [0.1, 0.15) is 0 Å². The van der Waals surface area contributed by atoms with Crippen LogP contribution in [-0.4, -0.2) is 74.7 Å². The van der Waals surface area contributed by atoms with Crippen LogP contribution in [0, 0.1) is 5.41 Å². The highest BCUT2D eigenvalue weighted by Gasteiger charge is 2.47. The van der Waals surface area contributed by atoms with Crippen molar-refractivity contribution in [1.29, 1.82) is 0 Å². The summed E-state index contributed by atoms with van der Waals surface area (Å²) < 4.78 is 37.8. The molecule has 0 unspecified atom stereocenters. The molecule has 0 aromatic heterocycles. The summed E-state index contributed by atoms with van der Waals surface area (Å²) in [4.78, 5) is 14.8. The Balaban J connectivity index is 1.31. The minimum atomic E-state index is -3.25. The highest BCUT2D eigenvalue weighted by molar-refractivity contribution is 7.88. The number of likely N-dealkylation sites (tertiary alicyclic amines) is 1. The molecule has 178 valence electrons. The van der Waals surface area contributed by atoms with Gasteiger partial charge in [0.2, 0.25) is 15.9 Å². The second-order valence-electron chi connectivity index (χ2n) is 10.1. The van der Waals surface area contributed by atoms with Crippen LogP contribution in [-0.2, 0) is 14.8 Å². The molecule has 0 saturated carbocycles. The third kappa shape index (κ3) is 5.21. The quantitative estimate of drug-likeness (QED) is 0.736. The minimum absolute atomic E-state index is 0.0138. The van der Waals surface area contributed by atoms with Gasteiger partial charge in [-0.2, -0.15) is 4.31 Å². The molecule has 3 aliphatic heterocycles. The van der Waals surface area contributed by atoms with E-state index < -0.39 is 10.0 Å². The summed E-state index contributed by atoms with van der Waals surface area (Å²) in [5, 5.41) is 2.96. The van der Waals surface area contributed by atoms with E-state index >= 15 is 0 Å². The fourth-order valence-electron chi connectivity index (χ4n) is 5.10. The Labute approximate surface area is 191 Å². The average molecular weight is 466 g/mol. The van der Waals surface area contributed by atoms with Gasteiger partial charge < -0.3 is 14.8 Å². The lowest BCUT2D eigenvalue weighted by Gasteiger charge is -2.52. The first-order chi connectivity index (χ1) is 15.1. The van der Waals surface area contributed by atoms with E-state index in [1.54, 1.807) is 4.31 Å². The maximum atomic E-state index is 12.6. The molecule has 2 fully saturated rings. The normalized spacial score (nSPS) is 23.5. The van der Waals surface area contributed by atoms with E-state index in [1.165, 1.54) is 6.26 Å². The topological polar surface area (TPSA) is 88.2 Å². The molecule has 1 aromatic carbocycles. The molecule has 3 heterocycles. The Morgan fingerprint density at radius 3 is 2.44 bits per heavy atom. The van der Waals surface area contributed by atoms with Crippen LogP contribution in [0.5, 0.6) is 11.5 Å². The Bertz CT molecular complexity index is 954. The molecule has 3 aliphatic rings. The van der Waals surface area contributed by atoms with Crippen molar-refractivity contribution in [2.45, 2.75) is 51.5 Å². The number of fused-ring (bicyclic) bond motifs is 1. The molecule has 1 spiro atoms. The summed E-state index contributed by atoms with van der Waals surface area (Å²) in [6.45, 7) is 7.77. The lowest BCUT2D eigenvalue weighted by atomic mass is 9.69. The number of amides is 1. The number of piperidine rings is 2. The predicted octanol–water partition coefficient (Wildman–Crippen LogP) is 2.70. The number of anilines is 1. The van der Waals surface area contributed by atoms with Crippen molar-refractivity contribution in [2.75, 3.05) is 51.0 Å². The number of sulfonamides is 1. The molecule has 1 amide bonds. The zero-order valence-corrected chi connectivity index (χ0v) is 20.2. The van der Waals surface area contributed by atoms with Gasteiger partial charge in [-0.05, 0) is 70.2 Å². The highest BCUT2D eigenvalue weighted by atomic mass is 32.2. The fourth-order valence-corrected chi connectivity index (χ4v) is 6.60. The SMILES string of the molecule is CC1(C)CCC2(CCN(CC(=O)Nc3ccc4c(c3)OCCCO4)CC2)CN1S(C)(=O)=O. The van der Waals surface area contributed by atoms with E-state index in [0.717, 1.165) is 45.2 Å². The van der Waals surface area contributed by atoms with E-state index in [2.05, 4.69) is 10.2 Å². The van der Waals surface area contributed by atoms with Crippen molar-refractivity contribution in [2.24, 2.45) is 5.41 Å². The molecule has 1 aromatic rings. The van der Waals surface area contributed by atoms with Gasteiger partial charge in [0.15, 0.2) is 11.5 Å². The molecular weight excluding hydrogens is 430 g/mol. The average Bonchev–Trinajstić information content (AvgIpc) is 2.96.